The third-order valence-electron chi connectivity index (χ3n) is 11.1. The number of nitriles is 1. The summed E-state index contributed by atoms with van der Waals surface area (Å²) < 4.78 is 33.5. The van der Waals surface area contributed by atoms with Crippen molar-refractivity contribution < 1.29 is 42.6 Å². The van der Waals surface area contributed by atoms with Crippen molar-refractivity contribution in [2.24, 2.45) is 29.0 Å². The zero-order valence-corrected chi connectivity index (χ0v) is 37.9. The number of nitrogens with two attached hydrogens (primary N) is 3. The molecule has 0 unspecified atom stereocenters. The summed E-state index contributed by atoms with van der Waals surface area (Å²) in [4.78, 5) is 71.5. The first-order valence-corrected chi connectivity index (χ1v) is 22.4. The Hall–Kier alpha value is -5.40. The highest BCUT2D eigenvalue weighted by molar-refractivity contribution is 6.34. The van der Waals surface area contributed by atoms with E-state index in [-0.39, 0.29) is 87.1 Å². The Kier molecular flexibility index (Phi) is 20.6. The molecule has 0 spiro atoms. The Bertz CT molecular complexity index is 2120. The molecule has 0 aromatic heterocycles. The van der Waals surface area contributed by atoms with E-state index in [1.165, 1.54) is 18.0 Å². The maximum Gasteiger partial charge on any atom is 0.226 e. The molecule has 2 amide bonds. The molecular formula is C48H62ClFN6O8. The Morgan fingerprint density at radius 1 is 0.906 bits per heavy atom. The van der Waals surface area contributed by atoms with E-state index >= 15 is 4.39 Å². The van der Waals surface area contributed by atoms with Crippen molar-refractivity contribution in [3.63, 3.8) is 0 Å². The first-order chi connectivity index (χ1) is 30.8. The molecule has 1 aliphatic heterocycles. The molecule has 1 aliphatic rings. The SMILES string of the molecule is CCCCCCCOc1cc(F)c(C(=O)C[C@@H](CCN)C(=O)N(C)[C@@H]2C(=O)C[C@@H](C)C(=O)N[C@H](C(=O)CCC#N)Cc3ccc(OCCN)c(c3)-c3cc2ccc3OCCN)c(Cl)c1. The summed E-state index contributed by atoms with van der Waals surface area (Å²) in [6.07, 6.45) is 4.16. The molecular weight excluding hydrogens is 843 g/mol. The molecule has 0 saturated carbocycles. The number of ether oxygens (including phenoxy) is 3. The highest BCUT2D eigenvalue weighted by atomic mass is 35.5. The number of carbonyl (C=O) groups is 5. The molecule has 0 saturated heterocycles. The maximum atomic E-state index is 15.6. The van der Waals surface area contributed by atoms with Crippen molar-refractivity contribution in [2.75, 3.05) is 46.5 Å². The molecule has 7 N–H and O–H groups in total. The first kappa shape index (κ1) is 51.2. The van der Waals surface area contributed by atoms with Gasteiger partial charge in [0.15, 0.2) is 17.3 Å². The Morgan fingerprint density at radius 2 is 1.58 bits per heavy atom. The van der Waals surface area contributed by atoms with Gasteiger partial charge in [-0.1, -0.05) is 63.3 Å². The van der Waals surface area contributed by atoms with Crippen molar-refractivity contribution in [1.82, 2.24) is 10.2 Å². The van der Waals surface area contributed by atoms with Gasteiger partial charge in [-0.25, -0.2) is 4.39 Å². The highest BCUT2D eigenvalue weighted by Gasteiger charge is 2.36. The minimum absolute atomic E-state index is 0.0118. The lowest BCUT2D eigenvalue weighted by atomic mass is 9.88. The van der Waals surface area contributed by atoms with Crippen LogP contribution in [-0.4, -0.2) is 86.6 Å². The molecule has 64 heavy (non-hydrogen) atoms. The topological polar surface area (TPSA) is 230 Å². The largest absolute Gasteiger partial charge is 0.493 e. The quantitative estimate of drug-likeness (QED) is 0.0597. The summed E-state index contributed by atoms with van der Waals surface area (Å²) in [5.41, 5.74) is 19.2. The summed E-state index contributed by atoms with van der Waals surface area (Å²) in [5.74, 6) is -4.79. The number of halogens is 2. The predicted molar refractivity (Wildman–Crippen MR) is 243 cm³/mol. The second-order valence-electron chi connectivity index (χ2n) is 16.1. The van der Waals surface area contributed by atoms with E-state index in [1.54, 1.807) is 43.3 Å². The van der Waals surface area contributed by atoms with Crippen LogP contribution >= 0.6 is 11.6 Å². The predicted octanol–water partition coefficient (Wildman–Crippen LogP) is 6.42. The molecule has 3 aromatic rings. The molecule has 4 bridgehead atoms. The third kappa shape index (κ3) is 14.0. The van der Waals surface area contributed by atoms with Gasteiger partial charge >= 0.3 is 0 Å². The second kappa shape index (κ2) is 25.8. The van der Waals surface area contributed by atoms with E-state index in [4.69, 9.17) is 43.0 Å². The molecule has 4 rings (SSSR count). The number of hydrogen-bond donors (Lipinski definition) is 4. The van der Waals surface area contributed by atoms with Crippen LogP contribution in [-0.2, 0) is 25.6 Å². The van der Waals surface area contributed by atoms with E-state index in [9.17, 15) is 29.2 Å². The van der Waals surface area contributed by atoms with E-state index in [0.29, 0.717) is 40.4 Å². The minimum atomic E-state index is -1.31. The maximum absolute atomic E-state index is 15.6. The van der Waals surface area contributed by atoms with Crippen LogP contribution in [0.5, 0.6) is 17.2 Å². The van der Waals surface area contributed by atoms with Crippen LogP contribution in [0.3, 0.4) is 0 Å². The number of carbonyl (C=O) groups excluding carboxylic acids is 5. The van der Waals surface area contributed by atoms with Gasteiger partial charge in [0, 0.05) is 74.8 Å². The lowest BCUT2D eigenvalue weighted by molar-refractivity contribution is -0.142. The van der Waals surface area contributed by atoms with Gasteiger partial charge in [-0.15, -0.1) is 0 Å². The van der Waals surface area contributed by atoms with Crippen molar-refractivity contribution in [3.05, 3.63) is 76.1 Å². The lowest BCUT2D eigenvalue weighted by Gasteiger charge is -2.32. The fourth-order valence-corrected chi connectivity index (χ4v) is 8.07. The van der Waals surface area contributed by atoms with Crippen molar-refractivity contribution in [1.29, 1.82) is 5.26 Å². The Labute approximate surface area is 380 Å². The number of rotatable bonds is 23. The number of nitrogens with one attached hydrogen (secondary N) is 1. The van der Waals surface area contributed by atoms with Crippen LogP contribution in [0, 0.1) is 29.0 Å². The number of unbranched alkanes of at least 4 members (excludes halogenated alkanes) is 4. The van der Waals surface area contributed by atoms with Crippen LogP contribution in [0.15, 0.2) is 48.5 Å². The van der Waals surface area contributed by atoms with E-state index in [2.05, 4.69) is 12.2 Å². The summed E-state index contributed by atoms with van der Waals surface area (Å²) in [5, 5.41) is 11.9. The number of benzene rings is 3. The standard InChI is InChI=1S/C48H62ClFN6O8/c1-4-5-6-7-8-20-62-34-28-37(49)45(38(50)29-34)41(58)27-33(15-17-52)48(61)56(3)46-32-12-14-44(64-22-19-54)36(26-32)35-24-31(11-13-43(35)63-21-18-53)25-39(40(57)10-9-16-51)55-47(60)30(2)23-42(46)59/h11-14,24,26,28-30,33,39,46H,4-10,15,17-23,25,27,52-54H2,1-3H3,(H,55,60)/t30-,33-,39+,46+/m1/s1. The highest BCUT2D eigenvalue weighted by Crippen LogP contribution is 2.41. The first-order valence-electron chi connectivity index (χ1n) is 22.1. The van der Waals surface area contributed by atoms with Gasteiger partial charge in [0.2, 0.25) is 11.8 Å². The normalized spacial score (nSPS) is 16.8. The van der Waals surface area contributed by atoms with Gasteiger partial charge in [0.05, 0.1) is 29.3 Å². The number of likely N-dealkylation sites (N-methyl/N-ethyl adjacent to an activating group) is 1. The fraction of sp³-hybridized carbons (Fsp3) is 0.500. The molecule has 0 aliphatic carbocycles. The van der Waals surface area contributed by atoms with Crippen molar-refractivity contribution in [2.45, 2.75) is 96.6 Å². The average molecular weight is 906 g/mol. The molecule has 346 valence electrons. The van der Waals surface area contributed by atoms with Gasteiger partial charge < -0.3 is 41.6 Å². The van der Waals surface area contributed by atoms with Crippen LogP contribution in [0.4, 0.5) is 4.39 Å². The summed E-state index contributed by atoms with van der Waals surface area (Å²) in [6, 6.07) is 12.4. The fourth-order valence-electron chi connectivity index (χ4n) is 7.76. The number of hydrogen-bond acceptors (Lipinski definition) is 12. The van der Waals surface area contributed by atoms with Crippen LogP contribution in [0.25, 0.3) is 11.1 Å². The Balaban J connectivity index is 1.78. The number of nitrogens with zero attached hydrogens (tertiary/aromatic N) is 2. The van der Waals surface area contributed by atoms with Crippen LogP contribution < -0.4 is 36.7 Å². The van der Waals surface area contributed by atoms with Crippen LogP contribution in [0.1, 0.15) is 106 Å². The molecule has 3 aromatic carbocycles. The monoisotopic (exact) mass is 904 g/mol. The van der Waals surface area contributed by atoms with E-state index < -0.39 is 59.5 Å². The van der Waals surface area contributed by atoms with Gasteiger partial charge in [0.25, 0.3) is 0 Å². The van der Waals surface area contributed by atoms with Gasteiger partial charge in [0.1, 0.15) is 42.3 Å². The van der Waals surface area contributed by atoms with Crippen LogP contribution in [0.2, 0.25) is 5.02 Å². The molecule has 0 radical (unpaired) electrons. The number of amides is 2. The number of fused-ring (bicyclic) bond motifs is 5. The third-order valence-corrected chi connectivity index (χ3v) is 11.4. The smallest absolute Gasteiger partial charge is 0.226 e. The zero-order valence-electron chi connectivity index (χ0n) is 37.1. The van der Waals surface area contributed by atoms with Gasteiger partial charge in [-0.3, -0.25) is 24.0 Å². The van der Waals surface area contributed by atoms with Gasteiger partial charge in [-0.2, -0.15) is 5.26 Å². The molecule has 4 atom stereocenters. The lowest BCUT2D eigenvalue weighted by Crippen LogP contribution is -2.46. The number of Topliss-reactive ketones (excluding diaryl/α,β-unsaturated/α-hetero) is 3. The summed E-state index contributed by atoms with van der Waals surface area (Å²) in [7, 11) is 1.42. The zero-order chi connectivity index (χ0) is 46.8. The minimum Gasteiger partial charge on any atom is -0.493 e. The van der Waals surface area contributed by atoms with Crippen molar-refractivity contribution in [3.8, 4) is 34.4 Å². The molecule has 16 heteroatoms. The number of ketones is 3. The summed E-state index contributed by atoms with van der Waals surface area (Å²) in [6.45, 7) is 4.70. The Morgan fingerprint density at radius 3 is 2.22 bits per heavy atom. The van der Waals surface area contributed by atoms with E-state index in [0.717, 1.165) is 38.2 Å². The van der Waals surface area contributed by atoms with E-state index in [1.807, 2.05) is 6.07 Å². The van der Waals surface area contributed by atoms with Gasteiger partial charge in [-0.05, 0) is 67.3 Å². The molecule has 0 fully saturated rings. The van der Waals surface area contributed by atoms with Crippen molar-refractivity contribution >= 4 is 40.8 Å². The summed E-state index contributed by atoms with van der Waals surface area (Å²) >= 11 is 6.48. The average Bonchev–Trinajstić information content (AvgIpc) is 3.27. The second-order valence-corrected chi connectivity index (χ2v) is 16.5. The molecule has 1 heterocycles. The molecule has 14 nitrogen and oxygen atoms in total.